The standard InChI is InChI=1S/C9H13N5O3/c10-9-11-4-6-8(13-9)14(5-12-6)17-7(16)2-1-3-15/h4-5,7,15-16H,1-3H2,(H2,10,11,13). The third kappa shape index (κ3) is 2.60. The van der Waals surface area contributed by atoms with Crippen LogP contribution in [0.25, 0.3) is 11.2 Å². The number of fused-ring (bicyclic) bond motifs is 1. The summed E-state index contributed by atoms with van der Waals surface area (Å²) >= 11 is 0. The molecule has 0 radical (unpaired) electrons. The average molecular weight is 239 g/mol. The van der Waals surface area contributed by atoms with Crippen LogP contribution in [0.3, 0.4) is 0 Å². The molecule has 0 spiro atoms. The monoisotopic (exact) mass is 239 g/mol. The van der Waals surface area contributed by atoms with Gasteiger partial charge in [0.1, 0.15) is 11.8 Å². The topological polar surface area (TPSA) is 119 Å². The van der Waals surface area contributed by atoms with E-state index in [1.165, 1.54) is 17.3 Å². The molecule has 17 heavy (non-hydrogen) atoms. The third-order valence-electron chi connectivity index (χ3n) is 2.12. The predicted molar refractivity (Wildman–Crippen MR) is 58.6 cm³/mol. The maximum atomic E-state index is 9.52. The summed E-state index contributed by atoms with van der Waals surface area (Å²) in [5.41, 5.74) is 6.36. The molecule has 8 heteroatoms. The zero-order chi connectivity index (χ0) is 12.3. The van der Waals surface area contributed by atoms with Crippen LogP contribution in [0.1, 0.15) is 12.8 Å². The Bertz CT molecular complexity index is 500. The Kier molecular flexibility index (Phi) is 3.35. The Hall–Kier alpha value is -1.93. The van der Waals surface area contributed by atoms with Gasteiger partial charge in [0.25, 0.3) is 0 Å². The van der Waals surface area contributed by atoms with Crippen molar-refractivity contribution in [2.24, 2.45) is 0 Å². The van der Waals surface area contributed by atoms with Crippen LogP contribution in [-0.2, 0) is 0 Å². The molecule has 0 aliphatic rings. The van der Waals surface area contributed by atoms with E-state index < -0.39 is 6.29 Å². The lowest BCUT2D eigenvalue weighted by molar-refractivity contribution is -0.106. The summed E-state index contributed by atoms with van der Waals surface area (Å²) in [4.78, 5) is 16.9. The van der Waals surface area contributed by atoms with Crippen molar-refractivity contribution in [3.8, 4) is 0 Å². The lowest BCUT2D eigenvalue weighted by atomic mass is 10.3. The van der Waals surface area contributed by atoms with E-state index in [2.05, 4.69) is 15.0 Å². The highest BCUT2D eigenvalue weighted by Crippen LogP contribution is 2.09. The van der Waals surface area contributed by atoms with Crippen molar-refractivity contribution in [2.75, 3.05) is 12.3 Å². The Balaban J connectivity index is 2.15. The van der Waals surface area contributed by atoms with Crippen molar-refractivity contribution in [1.29, 1.82) is 0 Å². The zero-order valence-electron chi connectivity index (χ0n) is 9.02. The van der Waals surface area contributed by atoms with Crippen molar-refractivity contribution in [3.05, 3.63) is 12.5 Å². The molecule has 0 fully saturated rings. The van der Waals surface area contributed by atoms with E-state index >= 15 is 0 Å². The van der Waals surface area contributed by atoms with Crippen LogP contribution in [0, 0.1) is 0 Å². The van der Waals surface area contributed by atoms with E-state index in [1.807, 2.05) is 0 Å². The second-order valence-corrected chi connectivity index (χ2v) is 3.43. The van der Waals surface area contributed by atoms with Gasteiger partial charge in [0.05, 0.1) is 6.20 Å². The van der Waals surface area contributed by atoms with Crippen LogP contribution in [0.15, 0.2) is 12.5 Å². The number of nitrogen functional groups attached to an aromatic ring is 1. The second kappa shape index (κ2) is 4.93. The van der Waals surface area contributed by atoms with Crippen molar-refractivity contribution in [2.45, 2.75) is 19.1 Å². The number of aromatic nitrogens is 4. The van der Waals surface area contributed by atoms with Gasteiger partial charge in [-0.05, 0) is 6.42 Å². The van der Waals surface area contributed by atoms with Crippen molar-refractivity contribution < 1.29 is 15.1 Å². The average Bonchev–Trinajstić information content (AvgIpc) is 2.69. The van der Waals surface area contributed by atoms with Gasteiger partial charge in [-0.2, -0.15) is 4.98 Å². The van der Waals surface area contributed by atoms with E-state index in [9.17, 15) is 5.11 Å². The first kappa shape index (κ1) is 11.6. The highest BCUT2D eigenvalue weighted by atomic mass is 16.7. The number of nitrogens with two attached hydrogens (primary N) is 1. The largest absolute Gasteiger partial charge is 0.396 e. The molecule has 0 aromatic carbocycles. The number of hydrogen-bond donors (Lipinski definition) is 3. The van der Waals surface area contributed by atoms with Crippen molar-refractivity contribution >= 4 is 17.1 Å². The highest BCUT2D eigenvalue weighted by Gasteiger charge is 2.10. The molecular formula is C9H13N5O3. The Morgan fingerprint density at radius 3 is 3.06 bits per heavy atom. The molecular weight excluding hydrogens is 226 g/mol. The van der Waals surface area contributed by atoms with Crippen LogP contribution >= 0.6 is 0 Å². The minimum absolute atomic E-state index is 0.000213. The van der Waals surface area contributed by atoms with Gasteiger partial charge in [-0.3, -0.25) is 0 Å². The molecule has 92 valence electrons. The van der Waals surface area contributed by atoms with Gasteiger partial charge in [-0.25, -0.2) is 9.97 Å². The molecule has 0 saturated heterocycles. The van der Waals surface area contributed by atoms with Gasteiger partial charge in [0.15, 0.2) is 0 Å². The van der Waals surface area contributed by atoms with E-state index in [4.69, 9.17) is 15.7 Å². The van der Waals surface area contributed by atoms with E-state index in [1.54, 1.807) is 0 Å². The van der Waals surface area contributed by atoms with E-state index in [0.29, 0.717) is 24.0 Å². The molecule has 1 atom stereocenters. The summed E-state index contributed by atoms with van der Waals surface area (Å²) in [6.07, 6.45) is 2.58. The smallest absolute Gasteiger partial charge is 0.222 e. The van der Waals surface area contributed by atoms with Gasteiger partial charge in [0.2, 0.25) is 17.9 Å². The fourth-order valence-electron chi connectivity index (χ4n) is 1.33. The Labute approximate surface area is 96.6 Å². The van der Waals surface area contributed by atoms with Crippen molar-refractivity contribution in [1.82, 2.24) is 19.7 Å². The quantitative estimate of drug-likeness (QED) is 0.568. The van der Waals surface area contributed by atoms with Gasteiger partial charge < -0.3 is 20.8 Å². The number of rotatable bonds is 5. The van der Waals surface area contributed by atoms with Crippen LogP contribution in [0.4, 0.5) is 5.95 Å². The minimum Gasteiger partial charge on any atom is -0.396 e. The molecule has 0 bridgehead atoms. The van der Waals surface area contributed by atoms with Gasteiger partial charge in [0, 0.05) is 13.0 Å². The molecule has 0 amide bonds. The number of nitrogens with zero attached hydrogens (tertiary/aromatic N) is 4. The maximum Gasteiger partial charge on any atom is 0.222 e. The molecule has 2 heterocycles. The molecule has 2 rings (SSSR count). The molecule has 1 unspecified atom stereocenters. The Morgan fingerprint density at radius 1 is 1.47 bits per heavy atom. The SMILES string of the molecule is Nc1ncc2ncn(OC(O)CCCO)c2n1. The second-order valence-electron chi connectivity index (χ2n) is 3.43. The minimum atomic E-state index is -1.03. The predicted octanol–water partition coefficient (Wildman–Crippen LogP) is -1.07. The fourth-order valence-corrected chi connectivity index (χ4v) is 1.33. The lowest BCUT2D eigenvalue weighted by Gasteiger charge is -2.12. The van der Waals surface area contributed by atoms with E-state index in [-0.39, 0.29) is 12.6 Å². The zero-order valence-corrected chi connectivity index (χ0v) is 9.02. The first-order valence-corrected chi connectivity index (χ1v) is 5.12. The van der Waals surface area contributed by atoms with Crippen LogP contribution in [0.5, 0.6) is 0 Å². The van der Waals surface area contributed by atoms with E-state index in [0.717, 1.165) is 0 Å². The summed E-state index contributed by atoms with van der Waals surface area (Å²) in [7, 11) is 0. The summed E-state index contributed by atoms with van der Waals surface area (Å²) < 4.78 is 1.23. The summed E-state index contributed by atoms with van der Waals surface area (Å²) in [6, 6.07) is 0. The van der Waals surface area contributed by atoms with Crippen LogP contribution < -0.4 is 10.6 Å². The molecule has 4 N–H and O–H groups in total. The number of anilines is 1. The highest BCUT2D eigenvalue weighted by molar-refractivity contribution is 5.70. The summed E-state index contributed by atoms with van der Waals surface area (Å²) in [5, 5.41) is 18.2. The maximum absolute atomic E-state index is 9.52. The molecule has 2 aromatic rings. The number of aliphatic hydroxyl groups is 2. The molecule has 0 aliphatic heterocycles. The number of aliphatic hydroxyl groups excluding tert-OH is 2. The van der Waals surface area contributed by atoms with Gasteiger partial charge in [-0.1, -0.05) is 0 Å². The Morgan fingerprint density at radius 2 is 2.29 bits per heavy atom. The molecule has 0 saturated carbocycles. The summed E-state index contributed by atoms with van der Waals surface area (Å²) in [6.45, 7) is 0.000213. The molecule has 8 nitrogen and oxygen atoms in total. The van der Waals surface area contributed by atoms with Crippen LogP contribution in [0.2, 0.25) is 0 Å². The van der Waals surface area contributed by atoms with Gasteiger partial charge >= 0.3 is 0 Å². The normalized spacial score (nSPS) is 12.8. The fraction of sp³-hybridized carbons (Fsp3) is 0.444. The first-order valence-electron chi connectivity index (χ1n) is 5.12. The molecule has 2 aromatic heterocycles. The first-order chi connectivity index (χ1) is 8.20. The third-order valence-corrected chi connectivity index (χ3v) is 2.12. The summed E-state index contributed by atoms with van der Waals surface area (Å²) in [5.74, 6) is 0.104. The number of imidazole rings is 1. The molecule has 0 aliphatic carbocycles. The van der Waals surface area contributed by atoms with Crippen molar-refractivity contribution in [3.63, 3.8) is 0 Å². The van der Waals surface area contributed by atoms with Crippen LogP contribution in [-0.4, -0.2) is 42.8 Å². The van der Waals surface area contributed by atoms with Gasteiger partial charge in [-0.15, -0.1) is 4.73 Å². The number of hydrogen-bond acceptors (Lipinski definition) is 7. The lowest BCUT2D eigenvalue weighted by Crippen LogP contribution is -2.24.